The average molecular weight is 229 g/mol. The number of hydrogen-bond acceptors (Lipinski definition) is 4. The normalized spacial score (nSPS) is 10.3. The maximum absolute atomic E-state index is 11.4. The molecule has 0 radical (unpaired) electrons. The Balaban J connectivity index is 2.91. The molecular weight excluding hydrogens is 218 g/mol. The average Bonchev–Trinajstić information content (AvgIpc) is 2.14. The van der Waals surface area contributed by atoms with Crippen LogP contribution in [0, 0.1) is 13.8 Å². The molecule has 1 rings (SSSR count). The molecule has 0 amide bonds. The van der Waals surface area contributed by atoms with E-state index in [1.54, 1.807) is 30.9 Å². The Labute approximate surface area is 89.1 Å². The zero-order valence-electron chi connectivity index (χ0n) is 8.31. The molecule has 0 aliphatic carbocycles. The van der Waals surface area contributed by atoms with Crippen LogP contribution in [0.15, 0.2) is 18.2 Å². The van der Waals surface area contributed by atoms with Crippen LogP contribution in [0.1, 0.15) is 21.5 Å². The highest BCUT2D eigenvalue weighted by Crippen LogP contribution is 2.13. The molecule has 0 spiro atoms. The van der Waals surface area contributed by atoms with E-state index >= 15 is 0 Å². The molecule has 6 heteroatoms. The highest BCUT2D eigenvalue weighted by atomic mass is 32.2. The molecule has 0 atom stereocenters. The predicted molar refractivity (Wildman–Crippen MR) is 54.8 cm³/mol. The summed E-state index contributed by atoms with van der Waals surface area (Å²) in [5.74, 6) is -0.704. The van der Waals surface area contributed by atoms with Gasteiger partial charge < -0.3 is 4.84 Å². The van der Waals surface area contributed by atoms with Gasteiger partial charge in [-0.05, 0) is 29.9 Å². The molecule has 1 N–H and O–H groups in total. The van der Waals surface area contributed by atoms with Gasteiger partial charge in [-0.15, -0.1) is 0 Å². The van der Waals surface area contributed by atoms with Gasteiger partial charge in [0, 0.05) is 0 Å². The van der Waals surface area contributed by atoms with Gasteiger partial charge in [-0.3, -0.25) is 0 Å². The first-order valence-corrected chi connectivity index (χ1v) is 5.37. The smallest absolute Gasteiger partial charge is 0.352 e. The molecule has 1 aromatic carbocycles. The van der Waals surface area contributed by atoms with E-state index in [2.05, 4.69) is 4.84 Å². The molecule has 0 aliphatic heterocycles. The number of carbonyl (C=O) groups is 1. The number of thiol groups is 1. The van der Waals surface area contributed by atoms with Crippen LogP contribution >= 0.6 is 0 Å². The molecule has 0 heterocycles. The summed E-state index contributed by atoms with van der Waals surface area (Å²) in [6, 6.07) is 5.31. The minimum atomic E-state index is -2.94. The van der Waals surface area contributed by atoms with Crippen molar-refractivity contribution in [1.82, 2.24) is 4.89 Å². The van der Waals surface area contributed by atoms with Crippen LogP contribution in [0.5, 0.6) is 0 Å². The van der Waals surface area contributed by atoms with E-state index in [0.29, 0.717) is 5.56 Å². The second-order valence-electron chi connectivity index (χ2n) is 3.00. The van der Waals surface area contributed by atoms with Crippen LogP contribution in [-0.2, 0) is 15.7 Å². The maximum Gasteiger partial charge on any atom is 0.358 e. The SMILES string of the molecule is Cc1cccc(C)c1C(=O)ON[SH](=O)=O. The number of rotatable bonds is 3. The first-order valence-electron chi connectivity index (χ1n) is 4.20. The predicted octanol–water partition coefficient (Wildman–Crippen LogP) is 0.491. The lowest BCUT2D eigenvalue weighted by Gasteiger charge is -2.06. The summed E-state index contributed by atoms with van der Waals surface area (Å²) in [5.41, 5.74) is 1.85. The van der Waals surface area contributed by atoms with Crippen molar-refractivity contribution in [2.24, 2.45) is 0 Å². The zero-order chi connectivity index (χ0) is 11.4. The van der Waals surface area contributed by atoms with Crippen molar-refractivity contribution in [1.29, 1.82) is 0 Å². The second-order valence-corrected chi connectivity index (χ2v) is 3.70. The molecule has 1 aromatic rings. The van der Waals surface area contributed by atoms with E-state index in [9.17, 15) is 13.2 Å². The standard InChI is InChI=1S/C9H11NO4S/c1-6-4-3-5-7(2)8(6)9(11)14-10-15(12)13/h3-5,15H,1-2H3,(H,10,12,13). The van der Waals surface area contributed by atoms with Gasteiger partial charge in [-0.1, -0.05) is 18.2 Å². The van der Waals surface area contributed by atoms with Crippen molar-refractivity contribution in [3.8, 4) is 0 Å². The molecule has 0 saturated carbocycles. The molecule has 82 valence electrons. The number of aryl methyl sites for hydroxylation is 2. The Morgan fingerprint density at radius 1 is 1.27 bits per heavy atom. The van der Waals surface area contributed by atoms with Gasteiger partial charge in [0.15, 0.2) is 0 Å². The van der Waals surface area contributed by atoms with E-state index in [4.69, 9.17) is 0 Å². The molecule has 15 heavy (non-hydrogen) atoms. The lowest BCUT2D eigenvalue weighted by Crippen LogP contribution is -2.19. The van der Waals surface area contributed by atoms with E-state index < -0.39 is 16.9 Å². The van der Waals surface area contributed by atoms with Gasteiger partial charge in [0.25, 0.3) is 0 Å². The Morgan fingerprint density at radius 2 is 1.80 bits per heavy atom. The minimum absolute atomic E-state index is 0.377. The van der Waals surface area contributed by atoms with Gasteiger partial charge in [0.05, 0.1) is 5.56 Å². The third-order valence-electron chi connectivity index (χ3n) is 1.90. The van der Waals surface area contributed by atoms with Crippen LogP contribution in [0.2, 0.25) is 0 Å². The van der Waals surface area contributed by atoms with Gasteiger partial charge in [-0.25, -0.2) is 13.2 Å². The zero-order valence-corrected chi connectivity index (χ0v) is 9.21. The van der Waals surface area contributed by atoms with E-state index in [-0.39, 0.29) is 0 Å². The Hall–Kier alpha value is -1.40. The molecular formula is C9H11NO4S. The third kappa shape index (κ3) is 3.03. The molecule has 0 aliphatic rings. The Morgan fingerprint density at radius 3 is 2.27 bits per heavy atom. The van der Waals surface area contributed by atoms with Crippen LogP contribution in [0.3, 0.4) is 0 Å². The van der Waals surface area contributed by atoms with Crippen LogP contribution in [0.4, 0.5) is 0 Å². The van der Waals surface area contributed by atoms with Crippen molar-refractivity contribution >= 4 is 16.9 Å². The van der Waals surface area contributed by atoms with Crippen molar-refractivity contribution < 1.29 is 18.0 Å². The van der Waals surface area contributed by atoms with Crippen molar-refractivity contribution in [2.75, 3.05) is 0 Å². The van der Waals surface area contributed by atoms with E-state index in [0.717, 1.165) is 11.1 Å². The lowest BCUT2D eigenvalue weighted by atomic mass is 10.0. The van der Waals surface area contributed by atoms with Crippen molar-refractivity contribution in [3.63, 3.8) is 0 Å². The van der Waals surface area contributed by atoms with Crippen molar-refractivity contribution in [3.05, 3.63) is 34.9 Å². The largest absolute Gasteiger partial charge is 0.358 e. The summed E-state index contributed by atoms with van der Waals surface area (Å²) in [5, 5.41) is 0. The van der Waals surface area contributed by atoms with Gasteiger partial charge in [0.2, 0.25) is 10.9 Å². The first-order chi connectivity index (χ1) is 7.02. The number of benzene rings is 1. The summed E-state index contributed by atoms with van der Waals surface area (Å²) in [4.78, 5) is 17.4. The van der Waals surface area contributed by atoms with Gasteiger partial charge in [-0.2, -0.15) is 0 Å². The molecule has 5 nitrogen and oxygen atoms in total. The minimum Gasteiger partial charge on any atom is -0.352 e. The summed E-state index contributed by atoms with van der Waals surface area (Å²) < 4.78 is 20.3. The van der Waals surface area contributed by atoms with E-state index in [1.165, 1.54) is 0 Å². The fourth-order valence-electron chi connectivity index (χ4n) is 1.27. The number of carbonyl (C=O) groups excluding carboxylic acids is 1. The topological polar surface area (TPSA) is 72.5 Å². The Kier molecular flexibility index (Phi) is 3.81. The summed E-state index contributed by atoms with van der Waals surface area (Å²) in [6.45, 7) is 3.50. The van der Waals surface area contributed by atoms with Crippen LogP contribution in [-0.4, -0.2) is 14.4 Å². The van der Waals surface area contributed by atoms with Crippen molar-refractivity contribution in [2.45, 2.75) is 13.8 Å². The monoisotopic (exact) mass is 229 g/mol. The highest BCUT2D eigenvalue weighted by molar-refractivity contribution is 7.70. The van der Waals surface area contributed by atoms with E-state index in [1.807, 2.05) is 6.07 Å². The number of hydrogen-bond donors (Lipinski definition) is 2. The summed E-state index contributed by atoms with van der Waals surface area (Å²) in [6.07, 6.45) is 0. The highest BCUT2D eigenvalue weighted by Gasteiger charge is 2.13. The third-order valence-corrected chi connectivity index (χ3v) is 2.14. The van der Waals surface area contributed by atoms with Gasteiger partial charge >= 0.3 is 5.97 Å². The van der Waals surface area contributed by atoms with Gasteiger partial charge in [0.1, 0.15) is 0 Å². The quantitative estimate of drug-likeness (QED) is 0.584. The first kappa shape index (κ1) is 11.7. The maximum atomic E-state index is 11.4. The van der Waals surface area contributed by atoms with Crippen LogP contribution < -0.4 is 4.89 Å². The fourth-order valence-corrected chi connectivity index (χ4v) is 1.42. The molecule has 0 unspecified atom stereocenters. The summed E-state index contributed by atoms with van der Waals surface area (Å²) >= 11 is 0. The molecule has 0 bridgehead atoms. The number of nitrogens with one attached hydrogen (secondary N) is 1. The van der Waals surface area contributed by atoms with Crippen LogP contribution in [0.25, 0.3) is 0 Å². The molecule has 0 fully saturated rings. The molecule has 0 aromatic heterocycles. The second kappa shape index (κ2) is 4.90. The molecule has 0 saturated heterocycles. The lowest BCUT2D eigenvalue weighted by molar-refractivity contribution is 0.0412. The fraction of sp³-hybridized carbons (Fsp3) is 0.222. The summed E-state index contributed by atoms with van der Waals surface area (Å²) in [7, 11) is -2.94. The Bertz CT molecular complexity index is 425.